The number of hydrogen-bond donors (Lipinski definition) is 0. The third-order valence-electron chi connectivity index (χ3n) is 2.74. The van der Waals surface area contributed by atoms with Crippen molar-refractivity contribution in [2.24, 2.45) is 5.92 Å². The van der Waals surface area contributed by atoms with Gasteiger partial charge in [0.25, 0.3) is 0 Å². The minimum absolute atomic E-state index is 0.778. The molecule has 68 valence electrons. The van der Waals surface area contributed by atoms with Crippen molar-refractivity contribution in [3.8, 4) is 0 Å². The molecule has 0 spiro atoms. The van der Waals surface area contributed by atoms with Gasteiger partial charge < -0.3 is 0 Å². The molecule has 1 aliphatic rings. The van der Waals surface area contributed by atoms with E-state index in [1.807, 2.05) is 0 Å². The lowest BCUT2D eigenvalue weighted by Gasteiger charge is -2.18. The van der Waals surface area contributed by atoms with Crippen LogP contribution in [0.15, 0.2) is 30.3 Å². The van der Waals surface area contributed by atoms with E-state index in [-0.39, 0.29) is 0 Å². The summed E-state index contributed by atoms with van der Waals surface area (Å²) >= 11 is 0. The lowest BCUT2D eigenvalue weighted by molar-refractivity contribution is 0.575. The number of allylic oxidation sites excluding steroid dienone is 1. The standard InChI is InChI=1S/C13H16/c1-2-5-11-8-9-12-6-3-4-7-13(12)10-11/h3-4,6-9,11H,2,5,10H2,1H3. The second kappa shape index (κ2) is 3.78. The number of hydrogen-bond acceptors (Lipinski definition) is 0. The highest BCUT2D eigenvalue weighted by Gasteiger charge is 2.11. The molecule has 0 heteroatoms. The van der Waals surface area contributed by atoms with E-state index >= 15 is 0 Å². The minimum Gasteiger partial charge on any atom is -0.0805 e. The van der Waals surface area contributed by atoms with E-state index in [2.05, 4.69) is 43.3 Å². The van der Waals surface area contributed by atoms with E-state index in [0.29, 0.717) is 0 Å². The molecule has 13 heavy (non-hydrogen) atoms. The zero-order valence-electron chi connectivity index (χ0n) is 8.16. The Bertz CT molecular complexity index is 310. The van der Waals surface area contributed by atoms with Crippen molar-refractivity contribution in [1.29, 1.82) is 0 Å². The average molecular weight is 172 g/mol. The van der Waals surface area contributed by atoms with Crippen LogP contribution in [-0.4, -0.2) is 0 Å². The first-order valence-corrected chi connectivity index (χ1v) is 5.16. The van der Waals surface area contributed by atoms with Crippen molar-refractivity contribution < 1.29 is 0 Å². The predicted molar refractivity (Wildman–Crippen MR) is 57.6 cm³/mol. The molecule has 0 saturated heterocycles. The quantitative estimate of drug-likeness (QED) is 0.638. The fraction of sp³-hybridized carbons (Fsp3) is 0.385. The van der Waals surface area contributed by atoms with E-state index in [1.165, 1.54) is 30.4 Å². The average Bonchev–Trinajstić information content (AvgIpc) is 2.18. The molecule has 1 aromatic carbocycles. The molecule has 1 atom stereocenters. The van der Waals surface area contributed by atoms with Gasteiger partial charge in [-0.1, -0.05) is 49.8 Å². The summed E-state index contributed by atoms with van der Waals surface area (Å²) in [6, 6.07) is 8.71. The first kappa shape index (κ1) is 8.55. The van der Waals surface area contributed by atoms with Gasteiger partial charge in [-0.25, -0.2) is 0 Å². The van der Waals surface area contributed by atoms with Gasteiger partial charge >= 0.3 is 0 Å². The van der Waals surface area contributed by atoms with Crippen LogP contribution < -0.4 is 0 Å². The Balaban J connectivity index is 2.19. The summed E-state index contributed by atoms with van der Waals surface area (Å²) in [5, 5.41) is 0. The van der Waals surface area contributed by atoms with Gasteiger partial charge in [-0.05, 0) is 29.9 Å². The third-order valence-corrected chi connectivity index (χ3v) is 2.74. The van der Waals surface area contributed by atoms with Gasteiger partial charge in [-0.3, -0.25) is 0 Å². The maximum Gasteiger partial charge on any atom is -0.0190 e. The molecule has 0 amide bonds. The van der Waals surface area contributed by atoms with Crippen LogP contribution in [0.1, 0.15) is 30.9 Å². The number of fused-ring (bicyclic) bond motifs is 1. The van der Waals surface area contributed by atoms with Crippen LogP contribution in [0.25, 0.3) is 6.08 Å². The van der Waals surface area contributed by atoms with E-state index in [4.69, 9.17) is 0 Å². The summed E-state index contributed by atoms with van der Waals surface area (Å²) in [5.74, 6) is 0.778. The van der Waals surface area contributed by atoms with Crippen molar-refractivity contribution >= 4 is 6.08 Å². The van der Waals surface area contributed by atoms with Gasteiger partial charge in [0.05, 0.1) is 0 Å². The predicted octanol–water partition coefficient (Wildman–Crippen LogP) is 3.67. The number of rotatable bonds is 2. The van der Waals surface area contributed by atoms with Crippen LogP contribution in [0.4, 0.5) is 0 Å². The van der Waals surface area contributed by atoms with Gasteiger partial charge in [0, 0.05) is 0 Å². The van der Waals surface area contributed by atoms with Gasteiger partial charge in [-0.2, -0.15) is 0 Å². The minimum atomic E-state index is 0.778. The van der Waals surface area contributed by atoms with Crippen LogP contribution >= 0.6 is 0 Å². The molecule has 0 saturated carbocycles. The number of benzene rings is 1. The second-order valence-corrected chi connectivity index (χ2v) is 3.81. The summed E-state index contributed by atoms with van der Waals surface area (Å²) in [7, 11) is 0. The fourth-order valence-corrected chi connectivity index (χ4v) is 2.04. The Kier molecular flexibility index (Phi) is 2.49. The molecule has 2 rings (SSSR count). The molecule has 1 aromatic rings. The monoisotopic (exact) mass is 172 g/mol. The third kappa shape index (κ3) is 1.82. The summed E-state index contributed by atoms with van der Waals surface area (Å²) in [6.45, 7) is 2.26. The Labute approximate surface area is 80.3 Å². The smallest absolute Gasteiger partial charge is 0.0190 e. The largest absolute Gasteiger partial charge is 0.0805 e. The van der Waals surface area contributed by atoms with E-state index in [1.54, 1.807) is 0 Å². The van der Waals surface area contributed by atoms with Gasteiger partial charge in [0.1, 0.15) is 0 Å². The zero-order valence-corrected chi connectivity index (χ0v) is 8.16. The lowest BCUT2D eigenvalue weighted by Crippen LogP contribution is -2.06. The highest BCUT2D eigenvalue weighted by atomic mass is 14.2. The first-order chi connectivity index (χ1) is 6.40. The Morgan fingerprint density at radius 2 is 2.15 bits per heavy atom. The summed E-state index contributed by atoms with van der Waals surface area (Å²) in [4.78, 5) is 0. The maximum absolute atomic E-state index is 2.37. The van der Waals surface area contributed by atoms with Crippen molar-refractivity contribution in [3.63, 3.8) is 0 Å². The van der Waals surface area contributed by atoms with Gasteiger partial charge in [0.2, 0.25) is 0 Å². The highest BCUT2D eigenvalue weighted by molar-refractivity contribution is 5.56. The van der Waals surface area contributed by atoms with Gasteiger partial charge in [0.15, 0.2) is 0 Å². The van der Waals surface area contributed by atoms with E-state index in [9.17, 15) is 0 Å². The highest BCUT2D eigenvalue weighted by Crippen LogP contribution is 2.25. The van der Waals surface area contributed by atoms with Crippen molar-refractivity contribution in [2.75, 3.05) is 0 Å². The van der Waals surface area contributed by atoms with E-state index in [0.717, 1.165) is 5.92 Å². The molecule has 0 fully saturated rings. The van der Waals surface area contributed by atoms with Crippen LogP contribution in [0.3, 0.4) is 0 Å². The second-order valence-electron chi connectivity index (χ2n) is 3.81. The fourth-order valence-electron chi connectivity index (χ4n) is 2.04. The zero-order chi connectivity index (χ0) is 9.10. The summed E-state index contributed by atoms with van der Waals surface area (Å²) in [5.41, 5.74) is 2.93. The Morgan fingerprint density at radius 1 is 1.31 bits per heavy atom. The van der Waals surface area contributed by atoms with Crippen LogP contribution in [0.2, 0.25) is 0 Å². The molecule has 0 heterocycles. The molecular formula is C13H16. The first-order valence-electron chi connectivity index (χ1n) is 5.16. The Morgan fingerprint density at radius 3 is 3.00 bits per heavy atom. The van der Waals surface area contributed by atoms with Crippen LogP contribution in [-0.2, 0) is 6.42 Å². The van der Waals surface area contributed by atoms with Crippen LogP contribution in [0.5, 0.6) is 0 Å². The van der Waals surface area contributed by atoms with E-state index < -0.39 is 0 Å². The molecule has 1 unspecified atom stereocenters. The molecule has 1 aliphatic carbocycles. The van der Waals surface area contributed by atoms with Crippen molar-refractivity contribution in [3.05, 3.63) is 41.5 Å². The normalized spacial score (nSPS) is 19.9. The molecule has 0 radical (unpaired) electrons. The van der Waals surface area contributed by atoms with Gasteiger partial charge in [-0.15, -0.1) is 0 Å². The van der Waals surface area contributed by atoms with Crippen molar-refractivity contribution in [2.45, 2.75) is 26.2 Å². The summed E-state index contributed by atoms with van der Waals surface area (Å²) < 4.78 is 0. The molecular weight excluding hydrogens is 156 g/mol. The Hall–Kier alpha value is -1.04. The summed E-state index contributed by atoms with van der Waals surface area (Å²) in [6.07, 6.45) is 8.49. The van der Waals surface area contributed by atoms with Crippen LogP contribution in [0, 0.1) is 5.92 Å². The molecule has 0 aliphatic heterocycles. The lowest BCUT2D eigenvalue weighted by atomic mass is 9.87. The molecule has 0 aromatic heterocycles. The van der Waals surface area contributed by atoms with Crippen molar-refractivity contribution in [1.82, 2.24) is 0 Å². The molecule has 0 bridgehead atoms. The maximum atomic E-state index is 2.37. The molecule has 0 N–H and O–H groups in total. The SMILES string of the molecule is CCCC1C=Cc2ccccc2C1. The topological polar surface area (TPSA) is 0 Å². The molecule has 0 nitrogen and oxygen atoms in total.